The molecule has 0 bridgehead atoms. The molecule has 0 saturated heterocycles. The van der Waals surface area contributed by atoms with Gasteiger partial charge in [0.15, 0.2) is 9.84 Å². The van der Waals surface area contributed by atoms with Crippen molar-refractivity contribution in [1.82, 2.24) is 0 Å². The van der Waals surface area contributed by atoms with Crippen LogP contribution >= 0.6 is 0 Å². The van der Waals surface area contributed by atoms with Gasteiger partial charge in [0.1, 0.15) is 0 Å². The van der Waals surface area contributed by atoms with Crippen molar-refractivity contribution >= 4 is 9.84 Å². The minimum Gasteiger partial charge on any atom is -0.228 e. The van der Waals surface area contributed by atoms with E-state index in [1.807, 2.05) is 6.07 Å². The molecule has 0 saturated carbocycles. The molecular weight excluding hydrogens is 160 g/mol. The summed E-state index contributed by atoms with van der Waals surface area (Å²) in [5.74, 6) is 0.399. The highest BCUT2D eigenvalue weighted by Crippen LogP contribution is 2.23. The molecule has 0 amide bonds. The van der Waals surface area contributed by atoms with Crippen LogP contribution in [0.5, 0.6) is 0 Å². The van der Waals surface area contributed by atoms with Crippen LogP contribution < -0.4 is 0 Å². The Kier molecular flexibility index (Phi) is 1.29. The third kappa shape index (κ3) is 1.16. The van der Waals surface area contributed by atoms with Crippen molar-refractivity contribution in [1.29, 1.82) is 0 Å². The maximum atomic E-state index is 11.1. The van der Waals surface area contributed by atoms with Gasteiger partial charge in [-0.25, -0.2) is 8.42 Å². The van der Waals surface area contributed by atoms with Crippen LogP contribution in [0.2, 0.25) is 0 Å². The molecule has 0 atom stereocenters. The lowest BCUT2D eigenvalue weighted by Crippen LogP contribution is -1.95. The zero-order chi connectivity index (χ0) is 7.90. The summed E-state index contributed by atoms with van der Waals surface area (Å²) >= 11 is 0. The SMILES string of the molecule is O=S1(=O)Cc2c[c]ccc2C1. The number of hydrogen-bond donors (Lipinski definition) is 0. The molecule has 1 aliphatic heterocycles. The second-order valence-electron chi connectivity index (χ2n) is 2.73. The molecule has 1 heterocycles. The van der Waals surface area contributed by atoms with Crippen LogP contribution in [0.3, 0.4) is 0 Å². The molecule has 57 valence electrons. The Morgan fingerprint density at radius 2 is 2.00 bits per heavy atom. The van der Waals surface area contributed by atoms with Gasteiger partial charge in [-0.15, -0.1) is 0 Å². The normalized spacial score (nSPS) is 19.6. The summed E-state index contributed by atoms with van der Waals surface area (Å²) in [5, 5.41) is 0. The van der Waals surface area contributed by atoms with Crippen molar-refractivity contribution in [2.75, 3.05) is 0 Å². The Morgan fingerprint density at radius 1 is 1.27 bits per heavy atom. The molecule has 1 aliphatic rings. The van der Waals surface area contributed by atoms with Gasteiger partial charge >= 0.3 is 0 Å². The highest BCUT2D eigenvalue weighted by molar-refractivity contribution is 7.90. The molecule has 0 aliphatic carbocycles. The summed E-state index contributed by atoms with van der Waals surface area (Å²) in [7, 11) is -2.83. The Hall–Kier alpha value is -0.830. The van der Waals surface area contributed by atoms with Gasteiger partial charge in [0.05, 0.1) is 11.5 Å². The second kappa shape index (κ2) is 2.08. The van der Waals surface area contributed by atoms with Crippen LogP contribution in [-0.4, -0.2) is 8.42 Å². The highest BCUT2D eigenvalue weighted by atomic mass is 32.2. The molecule has 3 heteroatoms. The molecule has 1 aromatic carbocycles. The molecule has 0 aromatic heterocycles. The first kappa shape index (κ1) is 6.85. The molecule has 0 spiro atoms. The third-order valence-corrected chi connectivity index (χ3v) is 3.30. The highest BCUT2D eigenvalue weighted by Gasteiger charge is 2.23. The smallest absolute Gasteiger partial charge is 0.158 e. The van der Waals surface area contributed by atoms with Crippen LogP contribution in [0.4, 0.5) is 0 Å². The van der Waals surface area contributed by atoms with E-state index in [4.69, 9.17) is 0 Å². The van der Waals surface area contributed by atoms with Gasteiger partial charge in [-0.2, -0.15) is 0 Å². The number of rotatable bonds is 0. The number of hydrogen-bond acceptors (Lipinski definition) is 2. The fraction of sp³-hybridized carbons (Fsp3) is 0.250. The lowest BCUT2D eigenvalue weighted by atomic mass is 10.1. The lowest BCUT2D eigenvalue weighted by Gasteiger charge is -1.90. The van der Waals surface area contributed by atoms with Gasteiger partial charge in [0.2, 0.25) is 0 Å². The topological polar surface area (TPSA) is 34.1 Å². The van der Waals surface area contributed by atoms with E-state index >= 15 is 0 Å². The Labute approximate surface area is 65.8 Å². The number of fused-ring (bicyclic) bond motifs is 1. The molecule has 2 nitrogen and oxygen atoms in total. The van der Waals surface area contributed by atoms with Crippen LogP contribution in [0.15, 0.2) is 18.2 Å². The quantitative estimate of drug-likeness (QED) is 0.575. The van der Waals surface area contributed by atoms with Crippen LogP contribution in [0, 0.1) is 6.07 Å². The second-order valence-corrected chi connectivity index (χ2v) is 4.79. The average Bonchev–Trinajstić information content (AvgIpc) is 2.21. The summed E-state index contributed by atoms with van der Waals surface area (Å²) in [6, 6.07) is 8.18. The zero-order valence-corrected chi connectivity index (χ0v) is 6.69. The standard InChI is InChI=1S/C8H7O2S/c9-11(10)5-7-3-1-2-4-8(7)6-11/h1,3-4H,5-6H2. The summed E-state index contributed by atoms with van der Waals surface area (Å²) in [6.45, 7) is 0. The zero-order valence-electron chi connectivity index (χ0n) is 5.87. The molecule has 1 aromatic rings. The Morgan fingerprint density at radius 3 is 2.73 bits per heavy atom. The largest absolute Gasteiger partial charge is 0.228 e. The van der Waals surface area contributed by atoms with Gasteiger partial charge in [0, 0.05) is 0 Å². The average molecular weight is 167 g/mol. The fourth-order valence-electron chi connectivity index (χ4n) is 1.30. The van der Waals surface area contributed by atoms with Crippen molar-refractivity contribution in [2.45, 2.75) is 11.5 Å². The predicted molar refractivity (Wildman–Crippen MR) is 41.6 cm³/mol. The summed E-state index contributed by atoms with van der Waals surface area (Å²) in [4.78, 5) is 0. The van der Waals surface area contributed by atoms with E-state index in [2.05, 4.69) is 6.07 Å². The van der Waals surface area contributed by atoms with Crippen molar-refractivity contribution in [3.8, 4) is 0 Å². The lowest BCUT2D eigenvalue weighted by molar-refractivity contribution is 0.598. The molecule has 0 unspecified atom stereocenters. The van der Waals surface area contributed by atoms with Crippen molar-refractivity contribution in [3.63, 3.8) is 0 Å². The van der Waals surface area contributed by atoms with Gasteiger partial charge in [0.25, 0.3) is 0 Å². The molecular formula is C8H7O2S. The first-order chi connectivity index (χ1) is 5.17. The monoisotopic (exact) mass is 167 g/mol. The predicted octanol–water partition coefficient (Wildman–Crippen LogP) is 0.915. The van der Waals surface area contributed by atoms with E-state index in [1.165, 1.54) is 0 Å². The minimum atomic E-state index is -2.83. The molecule has 0 fully saturated rings. The first-order valence-corrected chi connectivity index (χ1v) is 5.18. The van der Waals surface area contributed by atoms with Gasteiger partial charge < -0.3 is 0 Å². The maximum absolute atomic E-state index is 11.1. The number of benzene rings is 1. The molecule has 1 radical (unpaired) electrons. The van der Waals surface area contributed by atoms with Crippen molar-refractivity contribution in [3.05, 3.63) is 35.4 Å². The fourth-order valence-corrected chi connectivity index (χ4v) is 2.90. The van der Waals surface area contributed by atoms with E-state index in [-0.39, 0.29) is 11.5 Å². The molecule has 0 N–H and O–H groups in total. The van der Waals surface area contributed by atoms with E-state index in [1.54, 1.807) is 12.1 Å². The van der Waals surface area contributed by atoms with E-state index in [0.29, 0.717) is 0 Å². The van der Waals surface area contributed by atoms with E-state index < -0.39 is 9.84 Å². The van der Waals surface area contributed by atoms with Crippen LogP contribution in [-0.2, 0) is 21.3 Å². The minimum absolute atomic E-state index is 0.194. The van der Waals surface area contributed by atoms with E-state index in [9.17, 15) is 8.42 Å². The first-order valence-electron chi connectivity index (χ1n) is 3.36. The maximum Gasteiger partial charge on any atom is 0.158 e. The van der Waals surface area contributed by atoms with E-state index in [0.717, 1.165) is 11.1 Å². The number of sulfone groups is 1. The molecule has 2 rings (SSSR count). The molecule has 11 heavy (non-hydrogen) atoms. The Bertz CT molecular complexity index is 348. The van der Waals surface area contributed by atoms with Crippen molar-refractivity contribution in [2.24, 2.45) is 0 Å². The van der Waals surface area contributed by atoms with Crippen LogP contribution in [0.25, 0.3) is 0 Å². The summed E-state index contributed by atoms with van der Waals surface area (Å²) < 4.78 is 22.1. The van der Waals surface area contributed by atoms with Crippen molar-refractivity contribution < 1.29 is 8.42 Å². The van der Waals surface area contributed by atoms with Gasteiger partial charge in [-0.1, -0.05) is 12.1 Å². The summed E-state index contributed by atoms with van der Waals surface area (Å²) in [5.41, 5.74) is 1.84. The van der Waals surface area contributed by atoms with Gasteiger partial charge in [-0.05, 0) is 23.3 Å². The Balaban J connectivity index is 2.57. The van der Waals surface area contributed by atoms with Gasteiger partial charge in [-0.3, -0.25) is 0 Å². The third-order valence-electron chi connectivity index (χ3n) is 1.80. The van der Waals surface area contributed by atoms with Crippen LogP contribution in [0.1, 0.15) is 11.1 Å². The summed E-state index contributed by atoms with van der Waals surface area (Å²) in [6.07, 6.45) is 0.